The van der Waals surface area contributed by atoms with E-state index in [1.165, 1.54) is 0 Å². The molecule has 82 valence electrons. The third kappa shape index (κ3) is 3.07. The van der Waals surface area contributed by atoms with Gasteiger partial charge in [0.05, 0.1) is 24.6 Å². The van der Waals surface area contributed by atoms with Crippen LogP contribution in [0.25, 0.3) is 0 Å². The van der Waals surface area contributed by atoms with Gasteiger partial charge >= 0.3 is 0 Å². The molecule has 0 radical (unpaired) electrons. The van der Waals surface area contributed by atoms with Crippen molar-refractivity contribution in [2.45, 2.75) is 46.3 Å². The Kier molecular flexibility index (Phi) is 3.87. The zero-order valence-electron chi connectivity index (χ0n) is 9.78. The summed E-state index contributed by atoms with van der Waals surface area (Å²) < 4.78 is 2.01. The highest BCUT2D eigenvalue weighted by Crippen LogP contribution is 2.05. The van der Waals surface area contributed by atoms with E-state index < -0.39 is 0 Å². The van der Waals surface area contributed by atoms with Gasteiger partial charge in [0.2, 0.25) is 0 Å². The average molecular weight is 206 g/mol. The molecule has 0 saturated carbocycles. The van der Waals surface area contributed by atoms with E-state index in [1.807, 2.05) is 32.3 Å². The van der Waals surface area contributed by atoms with Crippen molar-refractivity contribution in [1.82, 2.24) is 14.9 Å². The van der Waals surface area contributed by atoms with Gasteiger partial charge in [0, 0.05) is 11.7 Å². The third-order valence-electron chi connectivity index (χ3n) is 2.41. The molecule has 0 fully saturated rings. The van der Waals surface area contributed by atoms with Gasteiger partial charge in [-0.1, -0.05) is 0 Å². The zero-order valence-corrected chi connectivity index (χ0v) is 9.78. The second kappa shape index (κ2) is 4.94. The predicted octanol–water partition coefficient (Wildman–Crippen LogP) is 1.39. The van der Waals surface area contributed by atoms with Crippen molar-refractivity contribution in [2.75, 3.05) is 0 Å². The van der Waals surface area contributed by atoms with Crippen molar-refractivity contribution in [3.8, 4) is 6.07 Å². The fraction of sp³-hybridized carbons (Fsp3) is 0.636. The fourth-order valence-corrected chi connectivity index (χ4v) is 1.46. The van der Waals surface area contributed by atoms with Crippen LogP contribution in [0.15, 0.2) is 6.33 Å². The maximum Gasteiger partial charge on any atom is 0.114 e. The van der Waals surface area contributed by atoms with E-state index in [4.69, 9.17) is 5.26 Å². The number of aryl methyl sites for hydroxylation is 1. The van der Waals surface area contributed by atoms with E-state index >= 15 is 0 Å². The first-order valence-electron chi connectivity index (χ1n) is 5.18. The minimum Gasteiger partial charge on any atom is -0.332 e. The standard InChI is InChI=1S/C11H18N4/c1-8(2)14-11(5-12)6-15-7-13-9(3)10(15)4/h7-8,11,14H,6H2,1-4H3. The summed E-state index contributed by atoms with van der Waals surface area (Å²) in [7, 11) is 0. The Morgan fingerprint density at radius 2 is 2.20 bits per heavy atom. The normalized spacial score (nSPS) is 12.8. The molecule has 0 aliphatic heterocycles. The van der Waals surface area contributed by atoms with Gasteiger partial charge < -0.3 is 4.57 Å². The number of rotatable bonds is 4. The molecule has 1 aromatic heterocycles. The molecule has 1 rings (SSSR count). The molecule has 0 aromatic carbocycles. The Morgan fingerprint density at radius 1 is 1.53 bits per heavy atom. The van der Waals surface area contributed by atoms with E-state index in [-0.39, 0.29) is 6.04 Å². The molecule has 0 saturated heterocycles. The molecule has 0 aliphatic carbocycles. The Morgan fingerprint density at radius 3 is 2.60 bits per heavy atom. The number of imidazole rings is 1. The Balaban J connectivity index is 2.68. The van der Waals surface area contributed by atoms with Crippen LogP contribution in [0.4, 0.5) is 0 Å². The summed E-state index contributed by atoms with van der Waals surface area (Å²) in [6, 6.07) is 2.42. The summed E-state index contributed by atoms with van der Waals surface area (Å²) in [6.45, 7) is 8.73. The largest absolute Gasteiger partial charge is 0.332 e. The maximum absolute atomic E-state index is 8.99. The van der Waals surface area contributed by atoms with E-state index in [0.29, 0.717) is 12.6 Å². The Labute approximate surface area is 90.9 Å². The van der Waals surface area contributed by atoms with Gasteiger partial charge in [-0.25, -0.2) is 4.98 Å². The van der Waals surface area contributed by atoms with Crippen LogP contribution in [0.1, 0.15) is 25.2 Å². The second-order valence-corrected chi connectivity index (χ2v) is 4.07. The number of nitriles is 1. The highest BCUT2D eigenvalue weighted by atomic mass is 15.1. The van der Waals surface area contributed by atoms with Crippen LogP contribution in [-0.2, 0) is 6.54 Å². The smallest absolute Gasteiger partial charge is 0.114 e. The van der Waals surface area contributed by atoms with Gasteiger partial charge in [-0.3, -0.25) is 5.32 Å². The van der Waals surface area contributed by atoms with Crippen molar-refractivity contribution in [1.29, 1.82) is 5.26 Å². The van der Waals surface area contributed by atoms with E-state index in [0.717, 1.165) is 11.4 Å². The Hall–Kier alpha value is -1.34. The summed E-state index contributed by atoms with van der Waals surface area (Å²) in [5.74, 6) is 0. The van der Waals surface area contributed by atoms with Gasteiger partial charge in [0.15, 0.2) is 0 Å². The average Bonchev–Trinajstić information content (AvgIpc) is 2.48. The maximum atomic E-state index is 8.99. The molecule has 1 heterocycles. The lowest BCUT2D eigenvalue weighted by atomic mass is 10.2. The lowest BCUT2D eigenvalue weighted by Gasteiger charge is -2.15. The van der Waals surface area contributed by atoms with Gasteiger partial charge in [-0.05, 0) is 27.7 Å². The molecular weight excluding hydrogens is 188 g/mol. The lowest BCUT2D eigenvalue weighted by molar-refractivity contribution is 0.473. The minimum absolute atomic E-state index is 0.155. The molecule has 1 atom stereocenters. The lowest BCUT2D eigenvalue weighted by Crippen LogP contribution is -2.36. The number of nitrogens with zero attached hydrogens (tertiary/aromatic N) is 3. The SMILES string of the molecule is Cc1ncn(CC(C#N)NC(C)C)c1C. The van der Waals surface area contributed by atoms with Crippen LogP contribution < -0.4 is 5.32 Å². The highest BCUT2D eigenvalue weighted by Gasteiger charge is 2.11. The summed E-state index contributed by atoms with van der Waals surface area (Å²) in [5.41, 5.74) is 2.15. The molecule has 0 spiro atoms. The van der Waals surface area contributed by atoms with Gasteiger partial charge in [0.1, 0.15) is 6.04 Å². The van der Waals surface area contributed by atoms with Crippen molar-refractivity contribution in [2.24, 2.45) is 0 Å². The molecule has 0 bridgehead atoms. The number of aromatic nitrogens is 2. The molecule has 4 heteroatoms. The Bertz CT molecular complexity index is 359. The molecule has 1 N–H and O–H groups in total. The van der Waals surface area contributed by atoms with Crippen LogP contribution in [0.2, 0.25) is 0 Å². The van der Waals surface area contributed by atoms with Crippen molar-refractivity contribution in [3.05, 3.63) is 17.7 Å². The van der Waals surface area contributed by atoms with Crippen molar-refractivity contribution < 1.29 is 0 Å². The van der Waals surface area contributed by atoms with E-state index in [2.05, 4.69) is 16.4 Å². The van der Waals surface area contributed by atoms with Gasteiger partial charge in [-0.2, -0.15) is 5.26 Å². The number of hydrogen-bond acceptors (Lipinski definition) is 3. The summed E-state index contributed by atoms with van der Waals surface area (Å²) >= 11 is 0. The molecular formula is C11H18N4. The quantitative estimate of drug-likeness (QED) is 0.810. The summed E-state index contributed by atoms with van der Waals surface area (Å²) in [6.07, 6.45) is 1.79. The van der Waals surface area contributed by atoms with Crippen LogP contribution in [0, 0.1) is 25.2 Å². The summed E-state index contributed by atoms with van der Waals surface area (Å²) in [5, 5.41) is 12.2. The predicted molar refractivity (Wildman–Crippen MR) is 59.4 cm³/mol. The topological polar surface area (TPSA) is 53.6 Å². The van der Waals surface area contributed by atoms with Crippen LogP contribution in [-0.4, -0.2) is 21.6 Å². The zero-order chi connectivity index (χ0) is 11.4. The molecule has 15 heavy (non-hydrogen) atoms. The first-order chi connectivity index (χ1) is 7.04. The minimum atomic E-state index is -0.155. The molecule has 1 aromatic rings. The molecule has 0 amide bonds. The molecule has 4 nitrogen and oxygen atoms in total. The number of hydrogen-bond donors (Lipinski definition) is 1. The van der Waals surface area contributed by atoms with Gasteiger partial charge in [0.25, 0.3) is 0 Å². The fourth-order valence-electron chi connectivity index (χ4n) is 1.46. The number of nitrogens with one attached hydrogen (secondary N) is 1. The highest BCUT2D eigenvalue weighted by molar-refractivity contribution is 5.09. The summed E-state index contributed by atoms with van der Waals surface area (Å²) in [4.78, 5) is 4.21. The van der Waals surface area contributed by atoms with Crippen LogP contribution >= 0.6 is 0 Å². The first kappa shape index (κ1) is 11.7. The monoisotopic (exact) mass is 206 g/mol. The van der Waals surface area contributed by atoms with E-state index in [9.17, 15) is 0 Å². The van der Waals surface area contributed by atoms with Crippen LogP contribution in [0.5, 0.6) is 0 Å². The van der Waals surface area contributed by atoms with Gasteiger partial charge in [-0.15, -0.1) is 0 Å². The van der Waals surface area contributed by atoms with Crippen LogP contribution in [0.3, 0.4) is 0 Å². The first-order valence-corrected chi connectivity index (χ1v) is 5.18. The second-order valence-electron chi connectivity index (χ2n) is 4.07. The molecule has 1 unspecified atom stereocenters. The van der Waals surface area contributed by atoms with Crippen molar-refractivity contribution in [3.63, 3.8) is 0 Å². The third-order valence-corrected chi connectivity index (χ3v) is 2.41. The van der Waals surface area contributed by atoms with Crippen molar-refractivity contribution >= 4 is 0 Å². The molecule has 0 aliphatic rings. The van der Waals surface area contributed by atoms with E-state index in [1.54, 1.807) is 6.33 Å².